The number of carbonyl (C=O) groups is 1. The van der Waals surface area contributed by atoms with Crippen LogP contribution in [0.4, 0.5) is 0 Å². The van der Waals surface area contributed by atoms with Crippen molar-refractivity contribution >= 4 is 17.3 Å². The molecule has 0 amide bonds. The molecular weight excluding hydrogens is 220 g/mol. The zero-order valence-corrected chi connectivity index (χ0v) is 9.70. The highest BCUT2D eigenvalue weighted by atomic mass is 32.1. The van der Waals surface area contributed by atoms with Crippen molar-refractivity contribution in [1.82, 2.24) is 0 Å². The Bertz CT molecular complexity index is 488. The lowest BCUT2D eigenvalue weighted by molar-refractivity contribution is -0.138. The lowest BCUT2D eigenvalue weighted by atomic mass is 9.99. The molecule has 82 valence electrons. The molecule has 0 aliphatic carbocycles. The Labute approximate surface area is 98.2 Å². The van der Waals surface area contributed by atoms with Crippen LogP contribution in [0.1, 0.15) is 18.4 Å². The first-order chi connectivity index (χ1) is 7.68. The van der Waals surface area contributed by atoms with Crippen LogP contribution in [0.25, 0.3) is 10.4 Å². The van der Waals surface area contributed by atoms with Gasteiger partial charge in [-0.05, 0) is 35.6 Å². The van der Waals surface area contributed by atoms with Gasteiger partial charge in [0.2, 0.25) is 0 Å². The summed E-state index contributed by atoms with van der Waals surface area (Å²) < 4.78 is 0. The number of benzene rings is 1. The predicted octanol–water partition coefficient (Wildman–Crippen LogP) is 3.60. The number of carboxylic acids is 1. The van der Waals surface area contributed by atoms with Crippen molar-refractivity contribution < 1.29 is 9.90 Å². The van der Waals surface area contributed by atoms with Crippen molar-refractivity contribution in [2.24, 2.45) is 0 Å². The van der Waals surface area contributed by atoms with Gasteiger partial charge in [-0.25, -0.2) is 0 Å². The van der Waals surface area contributed by atoms with Crippen LogP contribution in [0.5, 0.6) is 0 Å². The van der Waals surface area contributed by atoms with Gasteiger partial charge in [0.1, 0.15) is 0 Å². The number of carboxylic acid groups (broad SMARTS) is 1. The van der Waals surface area contributed by atoms with Crippen LogP contribution in [0.3, 0.4) is 0 Å². The van der Waals surface area contributed by atoms with Gasteiger partial charge in [-0.3, -0.25) is 4.79 Å². The van der Waals surface area contributed by atoms with Gasteiger partial charge in [0.25, 0.3) is 0 Å². The number of hydrogen-bond acceptors (Lipinski definition) is 2. The molecule has 0 bridgehead atoms. The molecule has 0 aliphatic rings. The molecule has 1 atom stereocenters. The van der Waals surface area contributed by atoms with Crippen LogP contribution in [-0.4, -0.2) is 11.1 Å². The molecule has 0 saturated heterocycles. The Morgan fingerprint density at radius 3 is 2.75 bits per heavy atom. The molecule has 1 aromatic carbocycles. The summed E-state index contributed by atoms with van der Waals surface area (Å²) in [5, 5.41) is 11.0. The van der Waals surface area contributed by atoms with Gasteiger partial charge in [-0.15, -0.1) is 11.3 Å². The summed E-state index contributed by atoms with van der Waals surface area (Å²) in [4.78, 5) is 12.1. The van der Waals surface area contributed by atoms with E-state index < -0.39 is 11.9 Å². The van der Waals surface area contributed by atoms with E-state index in [4.69, 9.17) is 5.11 Å². The normalized spacial score (nSPS) is 12.3. The molecule has 0 fully saturated rings. The second-order valence-corrected chi connectivity index (χ2v) is 4.61. The van der Waals surface area contributed by atoms with E-state index >= 15 is 0 Å². The molecule has 1 unspecified atom stereocenters. The van der Waals surface area contributed by atoms with E-state index in [1.165, 1.54) is 4.88 Å². The summed E-state index contributed by atoms with van der Waals surface area (Å²) >= 11 is 1.66. The Hall–Kier alpha value is -1.61. The van der Waals surface area contributed by atoms with Crippen molar-refractivity contribution in [3.63, 3.8) is 0 Å². The molecule has 0 aliphatic heterocycles. The zero-order valence-electron chi connectivity index (χ0n) is 8.88. The number of aliphatic carboxylic acids is 1. The molecule has 3 heteroatoms. The smallest absolute Gasteiger partial charge is 0.310 e. The van der Waals surface area contributed by atoms with E-state index in [1.54, 1.807) is 18.3 Å². The maximum Gasteiger partial charge on any atom is 0.310 e. The third-order valence-electron chi connectivity index (χ3n) is 2.56. The summed E-state index contributed by atoms with van der Waals surface area (Å²) in [5.41, 5.74) is 1.93. The summed E-state index contributed by atoms with van der Waals surface area (Å²) in [5.74, 6) is -1.25. The minimum atomic E-state index is -0.789. The summed E-state index contributed by atoms with van der Waals surface area (Å²) in [6.45, 7) is 1.70. The largest absolute Gasteiger partial charge is 0.481 e. The SMILES string of the molecule is CC(C(=O)O)c1cccc(-c2cccs2)c1. The van der Waals surface area contributed by atoms with E-state index in [0.717, 1.165) is 11.1 Å². The average molecular weight is 232 g/mol. The topological polar surface area (TPSA) is 37.3 Å². The van der Waals surface area contributed by atoms with Gasteiger partial charge in [0, 0.05) is 4.88 Å². The monoisotopic (exact) mass is 232 g/mol. The Kier molecular flexibility index (Phi) is 3.06. The highest BCUT2D eigenvalue weighted by Gasteiger charge is 2.13. The number of rotatable bonds is 3. The lowest BCUT2D eigenvalue weighted by Gasteiger charge is -2.07. The van der Waals surface area contributed by atoms with Gasteiger partial charge in [0.05, 0.1) is 5.92 Å². The first-order valence-corrected chi connectivity index (χ1v) is 5.93. The molecule has 0 saturated carbocycles. The first kappa shape index (κ1) is 10.9. The molecular formula is C13H12O2S. The fraction of sp³-hybridized carbons (Fsp3) is 0.154. The first-order valence-electron chi connectivity index (χ1n) is 5.05. The van der Waals surface area contributed by atoms with E-state index in [-0.39, 0.29) is 0 Å². The second kappa shape index (κ2) is 4.49. The van der Waals surface area contributed by atoms with E-state index in [2.05, 4.69) is 0 Å². The molecule has 0 spiro atoms. The second-order valence-electron chi connectivity index (χ2n) is 3.66. The fourth-order valence-electron chi connectivity index (χ4n) is 1.55. The molecule has 0 radical (unpaired) electrons. The minimum Gasteiger partial charge on any atom is -0.481 e. The van der Waals surface area contributed by atoms with Gasteiger partial charge < -0.3 is 5.11 Å². The molecule has 2 rings (SSSR count). The number of thiophene rings is 1. The van der Waals surface area contributed by atoms with E-state index in [9.17, 15) is 4.79 Å². The van der Waals surface area contributed by atoms with Crippen molar-refractivity contribution in [1.29, 1.82) is 0 Å². The molecule has 2 nitrogen and oxygen atoms in total. The molecule has 2 aromatic rings. The average Bonchev–Trinajstić information content (AvgIpc) is 2.81. The van der Waals surface area contributed by atoms with Crippen LogP contribution in [0, 0.1) is 0 Å². The van der Waals surface area contributed by atoms with Crippen molar-refractivity contribution in [3.05, 3.63) is 47.3 Å². The standard InChI is InChI=1S/C13H12O2S/c1-9(13(14)15)10-4-2-5-11(8-10)12-6-3-7-16-12/h2-9H,1H3,(H,14,15). The summed E-state index contributed by atoms with van der Waals surface area (Å²) in [7, 11) is 0. The minimum absolute atomic E-state index is 0.458. The van der Waals surface area contributed by atoms with Crippen LogP contribution in [0.15, 0.2) is 41.8 Å². The summed E-state index contributed by atoms with van der Waals surface area (Å²) in [6, 6.07) is 11.7. The van der Waals surface area contributed by atoms with Crippen LogP contribution >= 0.6 is 11.3 Å². The Balaban J connectivity index is 2.37. The van der Waals surface area contributed by atoms with E-state index in [1.807, 2.05) is 41.8 Å². The third-order valence-corrected chi connectivity index (χ3v) is 3.48. The van der Waals surface area contributed by atoms with Crippen LogP contribution in [0.2, 0.25) is 0 Å². The van der Waals surface area contributed by atoms with Gasteiger partial charge in [-0.2, -0.15) is 0 Å². The van der Waals surface area contributed by atoms with E-state index in [0.29, 0.717) is 0 Å². The molecule has 1 heterocycles. The summed E-state index contributed by atoms with van der Waals surface area (Å²) in [6.07, 6.45) is 0. The highest BCUT2D eigenvalue weighted by Crippen LogP contribution is 2.27. The molecule has 16 heavy (non-hydrogen) atoms. The maximum atomic E-state index is 10.9. The third kappa shape index (κ3) is 2.14. The van der Waals surface area contributed by atoms with Gasteiger partial charge in [-0.1, -0.05) is 24.3 Å². The Morgan fingerprint density at radius 2 is 2.12 bits per heavy atom. The van der Waals surface area contributed by atoms with Crippen LogP contribution in [-0.2, 0) is 4.79 Å². The number of hydrogen-bond donors (Lipinski definition) is 1. The van der Waals surface area contributed by atoms with Gasteiger partial charge >= 0.3 is 5.97 Å². The highest BCUT2D eigenvalue weighted by molar-refractivity contribution is 7.13. The van der Waals surface area contributed by atoms with Crippen molar-refractivity contribution in [2.45, 2.75) is 12.8 Å². The fourth-order valence-corrected chi connectivity index (χ4v) is 2.27. The lowest BCUT2D eigenvalue weighted by Crippen LogP contribution is -2.07. The zero-order chi connectivity index (χ0) is 11.5. The van der Waals surface area contributed by atoms with Crippen molar-refractivity contribution in [3.8, 4) is 10.4 Å². The molecule has 1 aromatic heterocycles. The van der Waals surface area contributed by atoms with Gasteiger partial charge in [0.15, 0.2) is 0 Å². The van der Waals surface area contributed by atoms with Crippen LogP contribution < -0.4 is 0 Å². The van der Waals surface area contributed by atoms with Crippen molar-refractivity contribution in [2.75, 3.05) is 0 Å². The molecule has 1 N–H and O–H groups in total. The Morgan fingerprint density at radius 1 is 1.31 bits per heavy atom. The predicted molar refractivity (Wildman–Crippen MR) is 65.8 cm³/mol. The quantitative estimate of drug-likeness (QED) is 0.877. The maximum absolute atomic E-state index is 10.9.